The van der Waals surface area contributed by atoms with E-state index in [4.69, 9.17) is 4.74 Å². The molecule has 2 N–H and O–H groups in total. The third-order valence-corrected chi connectivity index (χ3v) is 3.49. The van der Waals surface area contributed by atoms with Crippen molar-refractivity contribution in [3.63, 3.8) is 0 Å². The highest BCUT2D eigenvalue weighted by Crippen LogP contribution is 2.23. The monoisotopic (exact) mass is 336 g/mol. The fraction of sp³-hybridized carbons (Fsp3) is 0.222. The number of aromatic nitrogens is 4. The summed E-state index contributed by atoms with van der Waals surface area (Å²) in [5.74, 6) is 2.51. The molecule has 3 rings (SSSR count). The van der Waals surface area contributed by atoms with E-state index in [2.05, 4.69) is 30.6 Å². The van der Waals surface area contributed by atoms with Crippen LogP contribution in [0.3, 0.4) is 0 Å². The Bertz CT molecular complexity index is 850. The second-order valence-corrected chi connectivity index (χ2v) is 5.53. The fourth-order valence-electron chi connectivity index (χ4n) is 2.23. The molecule has 7 nitrogen and oxygen atoms in total. The molecule has 25 heavy (non-hydrogen) atoms. The van der Waals surface area contributed by atoms with Crippen LogP contribution in [0.1, 0.15) is 17.0 Å². The number of ether oxygens (including phenoxy) is 1. The molecule has 7 heteroatoms. The zero-order valence-electron chi connectivity index (χ0n) is 14.4. The van der Waals surface area contributed by atoms with Crippen LogP contribution in [0.5, 0.6) is 11.6 Å². The number of rotatable bonds is 6. The van der Waals surface area contributed by atoms with Crippen LogP contribution < -0.4 is 15.4 Å². The molecule has 0 radical (unpaired) electrons. The lowest BCUT2D eigenvalue weighted by atomic mass is 10.2. The standard InChI is InChI=1S/C18H20N6O/c1-12-6-7-15(11-21-12)25-17-14(5-4-8-20-17)10-22-16-9-13(2)23-18(19-3)24-16/h4-9,11H,10H2,1-3H3,(H2,19,22,23,24). The van der Waals surface area contributed by atoms with Gasteiger partial charge in [-0.05, 0) is 32.0 Å². The van der Waals surface area contributed by atoms with Gasteiger partial charge in [0.2, 0.25) is 11.8 Å². The van der Waals surface area contributed by atoms with E-state index in [0.29, 0.717) is 24.1 Å². The van der Waals surface area contributed by atoms with Gasteiger partial charge in [-0.1, -0.05) is 6.07 Å². The minimum atomic E-state index is 0.530. The number of pyridine rings is 2. The Hall–Kier alpha value is -3.22. The molecular weight excluding hydrogens is 316 g/mol. The molecule has 0 bridgehead atoms. The molecule has 128 valence electrons. The minimum absolute atomic E-state index is 0.530. The Kier molecular flexibility index (Phi) is 5.03. The van der Waals surface area contributed by atoms with E-state index >= 15 is 0 Å². The van der Waals surface area contributed by atoms with Crippen molar-refractivity contribution >= 4 is 11.8 Å². The predicted octanol–water partition coefficient (Wildman–Crippen LogP) is 3.33. The van der Waals surface area contributed by atoms with E-state index in [1.54, 1.807) is 19.4 Å². The first kappa shape index (κ1) is 16.6. The van der Waals surface area contributed by atoms with Crippen LogP contribution >= 0.6 is 0 Å². The molecule has 0 fully saturated rings. The predicted molar refractivity (Wildman–Crippen MR) is 96.9 cm³/mol. The highest BCUT2D eigenvalue weighted by Gasteiger charge is 2.08. The van der Waals surface area contributed by atoms with Gasteiger partial charge in [0, 0.05) is 42.8 Å². The van der Waals surface area contributed by atoms with Crippen molar-refractivity contribution in [1.82, 2.24) is 19.9 Å². The maximum atomic E-state index is 5.86. The molecule has 0 saturated carbocycles. The zero-order valence-corrected chi connectivity index (χ0v) is 14.4. The Morgan fingerprint density at radius 2 is 1.92 bits per heavy atom. The van der Waals surface area contributed by atoms with E-state index in [9.17, 15) is 0 Å². The summed E-state index contributed by atoms with van der Waals surface area (Å²) in [6, 6.07) is 9.51. The van der Waals surface area contributed by atoms with Gasteiger partial charge in [0.25, 0.3) is 0 Å². The summed E-state index contributed by atoms with van der Waals surface area (Å²) < 4.78 is 5.86. The van der Waals surface area contributed by atoms with Gasteiger partial charge in [0.1, 0.15) is 11.6 Å². The third-order valence-electron chi connectivity index (χ3n) is 3.49. The SMILES string of the molecule is CNc1nc(C)cc(NCc2cccnc2Oc2ccc(C)nc2)n1. The maximum Gasteiger partial charge on any atom is 0.224 e. The second-order valence-electron chi connectivity index (χ2n) is 5.53. The Balaban J connectivity index is 1.75. The van der Waals surface area contributed by atoms with Crippen LogP contribution in [0, 0.1) is 13.8 Å². The van der Waals surface area contributed by atoms with Crippen LogP contribution in [0.4, 0.5) is 11.8 Å². The molecule has 3 aromatic heterocycles. The molecule has 0 aliphatic rings. The number of hydrogen-bond acceptors (Lipinski definition) is 7. The van der Waals surface area contributed by atoms with Gasteiger partial charge in [-0.2, -0.15) is 4.98 Å². The molecule has 0 unspecified atom stereocenters. The zero-order chi connectivity index (χ0) is 17.6. The Morgan fingerprint density at radius 1 is 1.04 bits per heavy atom. The van der Waals surface area contributed by atoms with Crippen molar-refractivity contribution in [2.45, 2.75) is 20.4 Å². The quantitative estimate of drug-likeness (QED) is 0.714. The van der Waals surface area contributed by atoms with E-state index in [0.717, 1.165) is 22.8 Å². The van der Waals surface area contributed by atoms with Crippen molar-refractivity contribution < 1.29 is 4.74 Å². The van der Waals surface area contributed by atoms with Crippen LogP contribution in [0.15, 0.2) is 42.7 Å². The topological polar surface area (TPSA) is 84.9 Å². The number of anilines is 2. The molecule has 3 aromatic rings. The average molecular weight is 336 g/mol. The van der Waals surface area contributed by atoms with E-state index in [-0.39, 0.29) is 0 Å². The molecule has 0 aliphatic carbocycles. The van der Waals surface area contributed by atoms with Crippen molar-refractivity contribution in [2.75, 3.05) is 17.7 Å². The lowest BCUT2D eigenvalue weighted by Crippen LogP contribution is -2.06. The van der Waals surface area contributed by atoms with Gasteiger partial charge in [-0.25, -0.2) is 9.97 Å². The van der Waals surface area contributed by atoms with Gasteiger partial charge >= 0.3 is 0 Å². The summed E-state index contributed by atoms with van der Waals surface area (Å²) in [4.78, 5) is 17.2. The average Bonchev–Trinajstić information content (AvgIpc) is 2.62. The highest BCUT2D eigenvalue weighted by atomic mass is 16.5. The van der Waals surface area contributed by atoms with Crippen molar-refractivity contribution in [2.24, 2.45) is 0 Å². The first-order valence-corrected chi connectivity index (χ1v) is 7.96. The summed E-state index contributed by atoms with van der Waals surface area (Å²) in [7, 11) is 1.79. The lowest BCUT2D eigenvalue weighted by Gasteiger charge is -2.12. The largest absolute Gasteiger partial charge is 0.437 e. The number of hydrogen-bond donors (Lipinski definition) is 2. The first-order chi connectivity index (χ1) is 12.1. The van der Waals surface area contributed by atoms with Gasteiger partial charge in [0.05, 0.1) is 6.20 Å². The minimum Gasteiger partial charge on any atom is -0.437 e. The van der Waals surface area contributed by atoms with E-state index in [1.807, 2.05) is 44.2 Å². The maximum absolute atomic E-state index is 5.86. The molecule has 0 aliphatic heterocycles. The number of nitrogens with one attached hydrogen (secondary N) is 2. The van der Waals surface area contributed by atoms with Crippen LogP contribution in [0.2, 0.25) is 0 Å². The third kappa shape index (κ3) is 4.41. The normalized spacial score (nSPS) is 10.4. The summed E-state index contributed by atoms with van der Waals surface area (Å²) in [6.45, 7) is 4.39. The molecule has 0 atom stereocenters. The molecule has 0 amide bonds. The number of nitrogens with zero attached hydrogens (tertiary/aromatic N) is 4. The number of aryl methyl sites for hydroxylation is 2. The smallest absolute Gasteiger partial charge is 0.224 e. The Labute approximate surface area is 146 Å². The van der Waals surface area contributed by atoms with Crippen molar-refractivity contribution in [3.05, 3.63) is 59.7 Å². The van der Waals surface area contributed by atoms with Gasteiger partial charge in [-0.15, -0.1) is 0 Å². The van der Waals surface area contributed by atoms with Crippen LogP contribution in [-0.4, -0.2) is 27.0 Å². The van der Waals surface area contributed by atoms with Crippen molar-refractivity contribution in [3.8, 4) is 11.6 Å². The second kappa shape index (κ2) is 7.57. The molecule has 0 aromatic carbocycles. The fourth-order valence-corrected chi connectivity index (χ4v) is 2.23. The van der Waals surface area contributed by atoms with Gasteiger partial charge in [0.15, 0.2) is 0 Å². The summed E-state index contributed by atoms with van der Waals surface area (Å²) in [5, 5.41) is 6.23. The molecule has 3 heterocycles. The van der Waals surface area contributed by atoms with Gasteiger partial charge < -0.3 is 15.4 Å². The Morgan fingerprint density at radius 3 is 2.68 bits per heavy atom. The summed E-state index contributed by atoms with van der Waals surface area (Å²) >= 11 is 0. The molecular formula is C18H20N6O. The summed E-state index contributed by atoms with van der Waals surface area (Å²) in [5.41, 5.74) is 2.75. The van der Waals surface area contributed by atoms with Crippen LogP contribution in [-0.2, 0) is 6.54 Å². The van der Waals surface area contributed by atoms with E-state index < -0.39 is 0 Å². The van der Waals surface area contributed by atoms with Crippen LogP contribution in [0.25, 0.3) is 0 Å². The highest BCUT2D eigenvalue weighted by molar-refractivity contribution is 5.43. The van der Waals surface area contributed by atoms with Gasteiger partial charge in [-0.3, -0.25) is 4.98 Å². The summed E-state index contributed by atoms with van der Waals surface area (Å²) in [6.07, 6.45) is 3.39. The molecule has 0 spiro atoms. The van der Waals surface area contributed by atoms with E-state index in [1.165, 1.54) is 0 Å². The van der Waals surface area contributed by atoms with Crippen molar-refractivity contribution in [1.29, 1.82) is 0 Å². The first-order valence-electron chi connectivity index (χ1n) is 7.96. The lowest BCUT2D eigenvalue weighted by molar-refractivity contribution is 0.454. The molecule has 0 saturated heterocycles.